The van der Waals surface area contributed by atoms with Gasteiger partial charge in [-0.2, -0.15) is 0 Å². The van der Waals surface area contributed by atoms with E-state index in [4.69, 9.17) is 4.74 Å². The molecule has 134 valence electrons. The first kappa shape index (κ1) is 19.0. The van der Waals surface area contributed by atoms with Crippen LogP contribution in [0.15, 0.2) is 53.6 Å². The Morgan fingerprint density at radius 1 is 1.04 bits per heavy atom. The van der Waals surface area contributed by atoms with E-state index in [9.17, 15) is 5.21 Å². The normalized spacial score (nSPS) is 12.8. The van der Waals surface area contributed by atoms with Gasteiger partial charge in [0, 0.05) is 17.2 Å². The number of hydrogen-bond acceptors (Lipinski definition) is 3. The molecule has 0 amide bonds. The lowest BCUT2D eigenvalue weighted by Gasteiger charge is -2.10. The lowest BCUT2D eigenvalue weighted by atomic mass is 10.1. The van der Waals surface area contributed by atoms with Crippen molar-refractivity contribution in [3.63, 3.8) is 0 Å². The smallest absolute Gasteiger partial charge is 0.244 e. The lowest BCUT2D eigenvalue weighted by molar-refractivity contribution is -0.435. The molecule has 2 rings (SSSR count). The van der Waals surface area contributed by atoms with Gasteiger partial charge in [-0.25, -0.2) is 0 Å². The molecule has 0 saturated carbocycles. The molecule has 4 nitrogen and oxygen atoms in total. The molecule has 0 spiro atoms. The van der Waals surface area contributed by atoms with Crippen molar-refractivity contribution in [1.82, 2.24) is 0 Å². The number of rotatable bonds is 9. The molecule has 0 bridgehead atoms. The van der Waals surface area contributed by atoms with E-state index in [-0.39, 0.29) is 0 Å². The maximum atomic E-state index is 12.2. The summed E-state index contributed by atoms with van der Waals surface area (Å²) < 4.78 is 5.72. The summed E-state index contributed by atoms with van der Waals surface area (Å²) in [5.41, 5.74) is 2.40. The second-order valence-electron chi connectivity index (χ2n) is 6.46. The van der Waals surface area contributed by atoms with Crippen LogP contribution >= 0.6 is 0 Å². The average molecular weight is 340 g/mol. The molecule has 0 aliphatic carbocycles. The highest BCUT2D eigenvalue weighted by Gasteiger charge is 2.05. The van der Waals surface area contributed by atoms with Gasteiger partial charge < -0.3 is 9.94 Å². The van der Waals surface area contributed by atoms with Crippen LogP contribution in [0, 0.1) is 11.1 Å². The van der Waals surface area contributed by atoms with Crippen LogP contribution in [0.5, 0.6) is 5.75 Å². The van der Waals surface area contributed by atoms with Gasteiger partial charge in [-0.1, -0.05) is 50.6 Å². The Labute approximate surface area is 150 Å². The molecule has 0 aliphatic heterocycles. The Balaban J connectivity index is 1.99. The summed E-state index contributed by atoms with van der Waals surface area (Å²) in [6.45, 7) is 7.18. The number of unbranched alkanes of at least 4 members (excludes halogenated alkanes) is 1. The molecule has 2 aromatic rings. The minimum atomic E-state index is 0.529. The van der Waals surface area contributed by atoms with E-state index < -0.39 is 0 Å². The van der Waals surface area contributed by atoms with Gasteiger partial charge in [0.05, 0.1) is 6.61 Å². The van der Waals surface area contributed by atoms with Crippen LogP contribution in [0.25, 0.3) is 0 Å². The van der Waals surface area contributed by atoms with Crippen LogP contribution in [0.2, 0.25) is 0 Å². The molecular formula is C21H28N2O2. The molecule has 2 aromatic carbocycles. The molecule has 25 heavy (non-hydrogen) atoms. The van der Waals surface area contributed by atoms with Crippen molar-refractivity contribution in [3.8, 4) is 5.75 Å². The van der Waals surface area contributed by atoms with Crippen LogP contribution in [0.3, 0.4) is 0 Å². The van der Waals surface area contributed by atoms with Crippen molar-refractivity contribution in [3.05, 3.63) is 59.3 Å². The van der Waals surface area contributed by atoms with E-state index >= 15 is 0 Å². The highest BCUT2D eigenvalue weighted by Crippen LogP contribution is 2.22. The second-order valence-corrected chi connectivity index (χ2v) is 6.46. The van der Waals surface area contributed by atoms with Gasteiger partial charge in [0.15, 0.2) is 0 Å². The lowest BCUT2D eigenvalue weighted by Crippen LogP contribution is -2.06. The third kappa shape index (κ3) is 6.22. The van der Waals surface area contributed by atoms with Crippen molar-refractivity contribution in [2.75, 3.05) is 6.61 Å². The fraction of sp³-hybridized carbons (Fsp3) is 0.429. The van der Waals surface area contributed by atoms with Crippen LogP contribution < -0.4 is 4.74 Å². The molecule has 4 heteroatoms. The summed E-state index contributed by atoms with van der Waals surface area (Å²) in [5, 5.41) is 16.3. The third-order valence-corrected chi connectivity index (χ3v) is 4.25. The Bertz CT molecular complexity index is 663. The Kier molecular flexibility index (Phi) is 7.45. The van der Waals surface area contributed by atoms with E-state index in [2.05, 4.69) is 25.9 Å². The summed E-state index contributed by atoms with van der Waals surface area (Å²) in [6, 6.07) is 14.9. The van der Waals surface area contributed by atoms with E-state index in [1.807, 2.05) is 36.4 Å². The van der Waals surface area contributed by atoms with Crippen molar-refractivity contribution >= 4 is 11.4 Å². The predicted molar refractivity (Wildman–Crippen MR) is 102 cm³/mol. The fourth-order valence-electron chi connectivity index (χ4n) is 2.30. The second kappa shape index (κ2) is 9.82. The molecule has 1 unspecified atom stereocenters. The van der Waals surface area contributed by atoms with Crippen LogP contribution in [0.4, 0.5) is 11.4 Å². The van der Waals surface area contributed by atoms with E-state index in [0.29, 0.717) is 28.8 Å². The quantitative estimate of drug-likeness (QED) is 0.302. The number of nitrogens with zero attached hydrogens (tertiary/aromatic N) is 2. The number of hydrogen-bond donors (Lipinski definition) is 0. The van der Waals surface area contributed by atoms with Gasteiger partial charge in [0.25, 0.3) is 0 Å². The summed E-state index contributed by atoms with van der Waals surface area (Å²) in [7, 11) is 0. The Morgan fingerprint density at radius 3 is 2.32 bits per heavy atom. The molecule has 0 heterocycles. The Hall–Kier alpha value is -2.36. The summed E-state index contributed by atoms with van der Waals surface area (Å²) >= 11 is 0. The highest BCUT2D eigenvalue weighted by molar-refractivity contribution is 5.40. The van der Waals surface area contributed by atoms with Crippen LogP contribution in [-0.2, 0) is 6.42 Å². The Morgan fingerprint density at radius 2 is 1.72 bits per heavy atom. The molecule has 0 N–H and O–H groups in total. The largest absolute Gasteiger partial charge is 0.594 e. The summed E-state index contributed by atoms with van der Waals surface area (Å²) in [5.74, 6) is 1.33. The van der Waals surface area contributed by atoms with Gasteiger partial charge >= 0.3 is 0 Å². The topological polar surface area (TPSA) is 47.7 Å². The molecule has 0 fully saturated rings. The molecule has 0 radical (unpaired) electrons. The van der Waals surface area contributed by atoms with Crippen molar-refractivity contribution in [2.45, 2.75) is 46.5 Å². The number of benzene rings is 2. The summed E-state index contributed by atoms with van der Waals surface area (Å²) in [4.78, 5) is 0.665. The molecule has 0 aromatic heterocycles. The zero-order valence-corrected chi connectivity index (χ0v) is 15.4. The number of aryl methyl sites for hydroxylation is 1. The zero-order chi connectivity index (χ0) is 18.1. The van der Waals surface area contributed by atoms with Gasteiger partial charge in [-0.15, -0.1) is 0 Å². The van der Waals surface area contributed by atoms with E-state index in [0.717, 1.165) is 25.0 Å². The van der Waals surface area contributed by atoms with Gasteiger partial charge in [0.2, 0.25) is 5.69 Å². The SMILES string of the molecule is CCCCc1ccc([N+]([O-])=Nc2ccc(OCC(C)CC)cc2)cc1. The minimum absolute atomic E-state index is 0.529. The maximum Gasteiger partial charge on any atom is 0.244 e. The minimum Gasteiger partial charge on any atom is -0.594 e. The number of ether oxygens (including phenoxy) is 1. The van der Waals surface area contributed by atoms with Gasteiger partial charge in [-0.05, 0) is 48.6 Å². The molecule has 0 saturated heterocycles. The van der Waals surface area contributed by atoms with Crippen LogP contribution in [-0.4, -0.2) is 11.5 Å². The van der Waals surface area contributed by atoms with Gasteiger partial charge in [0.1, 0.15) is 11.4 Å². The molecule has 1 atom stereocenters. The first-order valence-corrected chi connectivity index (χ1v) is 9.13. The molecular weight excluding hydrogens is 312 g/mol. The van der Waals surface area contributed by atoms with Crippen molar-refractivity contribution in [1.29, 1.82) is 0 Å². The first-order chi connectivity index (χ1) is 12.1. The van der Waals surface area contributed by atoms with Gasteiger partial charge in [-0.3, -0.25) is 0 Å². The predicted octanol–water partition coefficient (Wildman–Crippen LogP) is 6.38. The first-order valence-electron chi connectivity index (χ1n) is 9.13. The monoisotopic (exact) mass is 340 g/mol. The fourth-order valence-corrected chi connectivity index (χ4v) is 2.30. The highest BCUT2D eigenvalue weighted by atomic mass is 16.5. The van der Waals surface area contributed by atoms with Crippen LogP contribution in [0.1, 0.15) is 45.6 Å². The van der Waals surface area contributed by atoms with E-state index in [1.165, 1.54) is 12.0 Å². The summed E-state index contributed by atoms with van der Waals surface area (Å²) in [6.07, 6.45) is 4.47. The number of azo groups is 1. The van der Waals surface area contributed by atoms with Crippen molar-refractivity contribution in [2.24, 2.45) is 11.0 Å². The van der Waals surface area contributed by atoms with Crippen molar-refractivity contribution < 1.29 is 9.60 Å². The van der Waals surface area contributed by atoms with E-state index in [1.54, 1.807) is 12.1 Å². The molecule has 0 aliphatic rings. The average Bonchev–Trinajstić information content (AvgIpc) is 2.65. The zero-order valence-electron chi connectivity index (χ0n) is 15.4. The third-order valence-electron chi connectivity index (χ3n) is 4.25. The standard InChI is InChI=1S/C21H28N2O2/c1-4-6-7-18-8-12-20(13-9-18)23(24)22-19-10-14-21(15-11-19)25-16-17(3)5-2/h8-15,17H,4-7,16H2,1-3H3. The maximum absolute atomic E-state index is 12.2.